The van der Waals surface area contributed by atoms with E-state index in [1.165, 1.54) is 12.8 Å². The predicted octanol–water partition coefficient (Wildman–Crippen LogP) is 1.10. The van der Waals surface area contributed by atoms with Crippen LogP contribution in [0.5, 0.6) is 0 Å². The lowest BCUT2D eigenvalue weighted by atomic mass is 9.98. The number of carbonyl (C=O) groups is 1. The van der Waals surface area contributed by atoms with Crippen LogP contribution in [0.2, 0.25) is 0 Å². The minimum Gasteiger partial charge on any atom is -0.356 e. The topological polar surface area (TPSA) is 32.3 Å². The monoisotopic (exact) mass is 222 g/mol. The first-order chi connectivity index (χ1) is 7.63. The molecule has 1 heterocycles. The molecule has 0 bridgehead atoms. The molecule has 1 rings (SSSR count). The highest BCUT2D eigenvalue weighted by Crippen LogP contribution is 2.15. The van der Waals surface area contributed by atoms with Crippen LogP contribution in [-0.4, -0.2) is 37.0 Å². The summed E-state index contributed by atoms with van der Waals surface area (Å²) < 4.78 is 0. The molecule has 1 N–H and O–H groups in total. The minimum absolute atomic E-state index is 0.0744. The second kappa shape index (κ2) is 6.55. The molecule has 16 heavy (non-hydrogen) atoms. The van der Waals surface area contributed by atoms with E-state index in [4.69, 9.17) is 6.42 Å². The van der Waals surface area contributed by atoms with Gasteiger partial charge in [-0.25, -0.2) is 0 Å². The summed E-state index contributed by atoms with van der Waals surface area (Å²) in [7, 11) is 0. The molecule has 90 valence electrons. The van der Waals surface area contributed by atoms with Crippen molar-refractivity contribution in [1.82, 2.24) is 10.2 Å². The van der Waals surface area contributed by atoms with Crippen molar-refractivity contribution in [3.63, 3.8) is 0 Å². The number of rotatable bonds is 4. The normalized spacial score (nSPS) is 21.8. The summed E-state index contributed by atoms with van der Waals surface area (Å²) in [5.41, 5.74) is 0. The van der Waals surface area contributed by atoms with Crippen LogP contribution >= 0.6 is 0 Å². The van der Waals surface area contributed by atoms with Gasteiger partial charge in [-0.15, -0.1) is 6.42 Å². The smallest absolute Gasteiger partial charge is 0.222 e. The molecular weight excluding hydrogens is 200 g/mol. The Kier molecular flexibility index (Phi) is 5.34. The van der Waals surface area contributed by atoms with Crippen molar-refractivity contribution in [2.45, 2.75) is 26.7 Å². The molecule has 1 saturated heterocycles. The molecule has 1 unspecified atom stereocenters. The van der Waals surface area contributed by atoms with Crippen LogP contribution in [-0.2, 0) is 4.79 Å². The molecule has 0 aromatic carbocycles. The number of nitrogens with zero attached hydrogens (tertiary/aromatic N) is 1. The number of piperidine rings is 1. The van der Waals surface area contributed by atoms with Crippen LogP contribution in [0.15, 0.2) is 0 Å². The van der Waals surface area contributed by atoms with E-state index in [-0.39, 0.29) is 11.8 Å². The van der Waals surface area contributed by atoms with Crippen LogP contribution in [0.4, 0.5) is 0 Å². The van der Waals surface area contributed by atoms with Crippen molar-refractivity contribution in [2.24, 2.45) is 11.8 Å². The lowest BCUT2D eigenvalue weighted by molar-refractivity contribution is -0.124. The van der Waals surface area contributed by atoms with Crippen molar-refractivity contribution < 1.29 is 4.79 Å². The van der Waals surface area contributed by atoms with Crippen LogP contribution in [0.3, 0.4) is 0 Å². The fourth-order valence-corrected chi connectivity index (χ4v) is 2.04. The zero-order chi connectivity index (χ0) is 12.0. The van der Waals surface area contributed by atoms with Gasteiger partial charge in [0.2, 0.25) is 5.91 Å². The molecule has 1 aliphatic rings. The average Bonchev–Trinajstić information content (AvgIpc) is 2.26. The van der Waals surface area contributed by atoms with Gasteiger partial charge in [-0.2, -0.15) is 0 Å². The Morgan fingerprint density at radius 2 is 2.38 bits per heavy atom. The van der Waals surface area contributed by atoms with E-state index < -0.39 is 0 Å². The minimum atomic E-state index is 0.0744. The molecule has 0 aromatic rings. The summed E-state index contributed by atoms with van der Waals surface area (Å²) in [4.78, 5) is 13.7. The third kappa shape index (κ3) is 4.24. The van der Waals surface area contributed by atoms with Gasteiger partial charge >= 0.3 is 0 Å². The van der Waals surface area contributed by atoms with Gasteiger partial charge in [-0.1, -0.05) is 19.8 Å². The highest BCUT2D eigenvalue weighted by atomic mass is 16.1. The number of carbonyl (C=O) groups excluding carboxylic acids is 1. The van der Waals surface area contributed by atoms with E-state index in [0.29, 0.717) is 5.92 Å². The van der Waals surface area contributed by atoms with Gasteiger partial charge in [0, 0.05) is 19.0 Å². The Bertz CT molecular complexity index is 268. The molecule has 0 radical (unpaired) electrons. The third-order valence-corrected chi connectivity index (χ3v) is 3.01. The Hall–Kier alpha value is -1.01. The first-order valence-corrected chi connectivity index (χ1v) is 6.07. The largest absolute Gasteiger partial charge is 0.356 e. The van der Waals surface area contributed by atoms with Crippen molar-refractivity contribution in [2.75, 3.05) is 26.2 Å². The summed E-state index contributed by atoms with van der Waals surface area (Å²) in [6, 6.07) is 0. The van der Waals surface area contributed by atoms with Crippen LogP contribution in [0.25, 0.3) is 0 Å². The van der Waals surface area contributed by atoms with Gasteiger partial charge in [0.15, 0.2) is 0 Å². The molecular formula is C13H22N2O. The van der Waals surface area contributed by atoms with E-state index in [1.807, 2.05) is 13.8 Å². The Labute approximate surface area is 98.6 Å². The summed E-state index contributed by atoms with van der Waals surface area (Å²) in [6.45, 7) is 7.47. The molecule has 1 aliphatic heterocycles. The molecule has 0 aromatic heterocycles. The van der Waals surface area contributed by atoms with Crippen molar-refractivity contribution in [3.8, 4) is 12.3 Å². The standard InChI is InChI=1S/C13H22N2O/c1-4-7-15-8-5-6-12(10-15)9-14-13(16)11(2)3/h1,11-12H,5-10H2,2-3H3,(H,14,16). The number of amides is 1. The predicted molar refractivity (Wildman–Crippen MR) is 65.8 cm³/mol. The second-order valence-corrected chi connectivity index (χ2v) is 4.85. The lowest BCUT2D eigenvalue weighted by Crippen LogP contribution is -2.41. The van der Waals surface area contributed by atoms with Gasteiger partial charge in [0.25, 0.3) is 0 Å². The molecule has 1 fully saturated rings. The highest BCUT2D eigenvalue weighted by molar-refractivity contribution is 5.77. The number of likely N-dealkylation sites (tertiary alicyclic amines) is 1. The van der Waals surface area contributed by atoms with Crippen molar-refractivity contribution in [3.05, 3.63) is 0 Å². The van der Waals surface area contributed by atoms with E-state index in [1.54, 1.807) is 0 Å². The first-order valence-electron chi connectivity index (χ1n) is 6.07. The summed E-state index contributed by atoms with van der Waals surface area (Å²) in [6.07, 6.45) is 7.68. The fourth-order valence-electron chi connectivity index (χ4n) is 2.04. The average molecular weight is 222 g/mol. The molecule has 1 amide bonds. The maximum absolute atomic E-state index is 11.4. The van der Waals surface area contributed by atoms with Gasteiger partial charge in [-0.05, 0) is 25.3 Å². The molecule has 0 saturated carbocycles. The number of hydrogen-bond acceptors (Lipinski definition) is 2. The van der Waals surface area contributed by atoms with E-state index in [0.717, 1.165) is 26.2 Å². The Morgan fingerprint density at radius 3 is 3.00 bits per heavy atom. The van der Waals surface area contributed by atoms with Gasteiger partial charge in [0.1, 0.15) is 0 Å². The Morgan fingerprint density at radius 1 is 1.62 bits per heavy atom. The van der Waals surface area contributed by atoms with Gasteiger partial charge < -0.3 is 5.32 Å². The van der Waals surface area contributed by atoms with E-state index in [9.17, 15) is 4.79 Å². The zero-order valence-electron chi connectivity index (χ0n) is 10.3. The molecule has 0 aliphatic carbocycles. The fraction of sp³-hybridized carbons (Fsp3) is 0.769. The molecule has 1 atom stereocenters. The number of terminal acetylenes is 1. The van der Waals surface area contributed by atoms with Crippen molar-refractivity contribution in [1.29, 1.82) is 0 Å². The Balaban J connectivity index is 2.27. The van der Waals surface area contributed by atoms with E-state index in [2.05, 4.69) is 16.1 Å². The van der Waals surface area contributed by atoms with Crippen LogP contribution < -0.4 is 5.32 Å². The SMILES string of the molecule is C#CCN1CCCC(CNC(=O)C(C)C)C1. The maximum atomic E-state index is 11.4. The summed E-state index contributed by atoms with van der Waals surface area (Å²) in [5, 5.41) is 3.00. The second-order valence-electron chi connectivity index (χ2n) is 4.85. The van der Waals surface area contributed by atoms with Crippen LogP contribution in [0.1, 0.15) is 26.7 Å². The highest BCUT2D eigenvalue weighted by Gasteiger charge is 2.19. The van der Waals surface area contributed by atoms with Gasteiger partial charge in [0.05, 0.1) is 6.54 Å². The zero-order valence-corrected chi connectivity index (χ0v) is 10.3. The van der Waals surface area contributed by atoms with E-state index >= 15 is 0 Å². The number of hydrogen-bond donors (Lipinski definition) is 1. The summed E-state index contributed by atoms with van der Waals surface area (Å²) in [5.74, 6) is 3.46. The van der Waals surface area contributed by atoms with Crippen LogP contribution in [0, 0.1) is 24.2 Å². The molecule has 3 nitrogen and oxygen atoms in total. The quantitative estimate of drug-likeness (QED) is 0.723. The molecule has 3 heteroatoms. The first kappa shape index (κ1) is 13.1. The maximum Gasteiger partial charge on any atom is 0.222 e. The number of nitrogens with one attached hydrogen (secondary N) is 1. The lowest BCUT2D eigenvalue weighted by Gasteiger charge is -2.31. The third-order valence-electron chi connectivity index (χ3n) is 3.01. The molecule has 0 spiro atoms. The van der Waals surface area contributed by atoms with Crippen molar-refractivity contribution >= 4 is 5.91 Å². The summed E-state index contributed by atoms with van der Waals surface area (Å²) >= 11 is 0. The van der Waals surface area contributed by atoms with Gasteiger partial charge in [-0.3, -0.25) is 9.69 Å².